The first-order chi connectivity index (χ1) is 6.24. The van der Waals surface area contributed by atoms with Gasteiger partial charge in [-0.2, -0.15) is 0 Å². The van der Waals surface area contributed by atoms with Crippen LogP contribution in [0.25, 0.3) is 0 Å². The van der Waals surface area contributed by atoms with E-state index in [-0.39, 0.29) is 0 Å². The van der Waals surface area contributed by atoms with Crippen molar-refractivity contribution >= 4 is 0 Å². The molecule has 3 rings (SSSR count). The SMILES string of the molecule is CN1CC2CC(N2C(C)(C)C)C1(C)C. The van der Waals surface area contributed by atoms with Crippen molar-refractivity contribution in [3.8, 4) is 0 Å². The van der Waals surface area contributed by atoms with E-state index in [4.69, 9.17) is 0 Å². The molecule has 0 amide bonds. The molecule has 2 atom stereocenters. The quantitative estimate of drug-likeness (QED) is 0.584. The molecule has 0 aromatic heterocycles. The summed E-state index contributed by atoms with van der Waals surface area (Å²) in [5, 5.41) is 0. The number of piperidine rings is 1. The van der Waals surface area contributed by atoms with Crippen molar-refractivity contribution in [1.29, 1.82) is 0 Å². The molecule has 0 aromatic carbocycles. The Hall–Kier alpha value is -0.0800. The molecule has 3 saturated heterocycles. The van der Waals surface area contributed by atoms with Gasteiger partial charge in [-0.15, -0.1) is 0 Å². The minimum Gasteiger partial charge on any atom is -0.298 e. The lowest BCUT2D eigenvalue weighted by Crippen LogP contribution is -2.79. The highest BCUT2D eigenvalue weighted by Gasteiger charge is 2.56. The first-order valence-corrected chi connectivity index (χ1v) is 5.74. The van der Waals surface area contributed by atoms with Crippen molar-refractivity contribution in [3.63, 3.8) is 0 Å². The fourth-order valence-electron chi connectivity index (χ4n) is 3.21. The summed E-state index contributed by atoms with van der Waals surface area (Å²) < 4.78 is 0. The van der Waals surface area contributed by atoms with Crippen molar-refractivity contribution in [2.24, 2.45) is 0 Å². The van der Waals surface area contributed by atoms with E-state index in [1.807, 2.05) is 0 Å². The predicted molar refractivity (Wildman–Crippen MR) is 60.5 cm³/mol. The average molecular weight is 196 g/mol. The molecule has 82 valence electrons. The molecule has 3 aliphatic heterocycles. The standard InChI is InChI=1S/C12H24N2/c1-11(2,3)14-9-7-10(14)12(4,5)13(6)8-9/h9-10H,7-8H2,1-6H3. The van der Waals surface area contributed by atoms with Gasteiger partial charge >= 0.3 is 0 Å². The zero-order valence-electron chi connectivity index (χ0n) is 10.5. The van der Waals surface area contributed by atoms with E-state index in [9.17, 15) is 0 Å². The zero-order valence-corrected chi connectivity index (χ0v) is 10.5. The van der Waals surface area contributed by atoms with Gasteiger partial charge in [0.2, 0.25) is 0 Å². The summed E-state index contributed by atoms with van der Waals surface area (Å²) in [4.78, 5) is 5.24. The predicted octanol–water partition coefficient (Wildman–Crippen LogP) is 1.95. The number of likely N-dealkylation sites (N-methyl/N-ethyl adjacent to an activating group) is 1. The average Bonchev–Trinajstić information content (AvgIpc) is 1.88. The highest BCUT2D eigenvalue weighted by molar-refractivity contribution is 5.13. The molecule has 2 bridgehead atoms. The molecule has 2 nitrogen and oxygen atoms in total. The van der Waals surface area contributed by atoms with E-state index in [2.05, 4.69) is 51.5 Å². The van der Waals surface area contributed by atoms with Gasteiger partial charge in [-0.1, -0.05) is 0 Å². The van der Waals surface area contributed by atoms with Gasteiger partial charge in [-0.05, 0) is 48.1 Å². The molecule has 0 radical (unpaired) electrons. The van der Waals surface area contributed by atoms with Gasteiger partial charge in [-0.3, -0.25) is 9.80 Å². The summed E-state index contributed by atoms with van der Waals surface area (Å²) in [6.07, 6.45) is 1.40. The first kappa shape index (κ1) is 10.4. The van der Waals surface area contributed by atoms with Crippen LogP contribution in [-0.4, -0.2) is 46.6 Å². The van der Waals surface area contributed by atoms with Crippen molar-refractivity contribution in [1.82, 2.24) is 9.80 Å². The van der Waals surface area contributed by atoms with Crippen LogP contribution in [-0.2, 0) is 0 Å². The molecule has 3 heterocycles. The highest BCUT2D eigenvalue weighted by atomic mass is 15.4. The van der Waals surface area contributed by atoms with Crippen molar-refractivity contribution < 1.29 is 0 Å². The monoisotopic (exact) mass is 196 g/mol. The van der Waals surface area contributed by atoms with E-state index >= 15 is 0 Å². The topological polar surface area (TPSA) is 6.48 Å². The van der Waals surface area contributed by atoms with Crippen LogP contribution in [0, 0.1) is 0 Å². The van der Waals surface area contributed by atoms with Gasteiger partial charge in [0, 0.05) is 29.7 Å². The van der Waals surface area contributed by atoms with Crippen LogP contribution in [0.1, 0.15) is 41.0 Å². The number of nitrogens with zero attached hydrogens (tertiary/aromatic N) is 2. The van der Waals surface area contributed by atoms with Gasteiger partial charge < -0.3 is 0 Å². The fourth-order valence-corrected chi connectivity index (χ4v) is 3.21. The lowest BCUT2D eigenvalue weighted by atomic mass is 9.71. The minimum atomic E-state index is 0.339. The van der Waals surface area contributed by atoms with Crippen LogP contribution in [0.3, 0.4) is 0 Å². The van der Waals surface area contributed by atoms with Crippen LogP contribution in [0.4, 0.5) is 0 Å². The van der Waals surface area contributed by atoms with Crippen LogP contribution in [0.15, 0.2) is 0 Å². The Labute approximate surface area is 88.3 Å². The van der Waals surface area contributed by atoms with Gasteiger partial charge in [0.15, 0.2) is 0 Å². The third-order valence-corrected chi connectivity index (χ3v) is 4.28. The highest BCUT2D eigenvalue weighted by Crippen LogP contribution is 2.45. The number of rotatable bonds is 0. The second-order valence-electron chi connectivity index (χ2n) is 6.52. The van der Waals surface area contributed by atoms with Crippen LogP contribution in [0.5, 0.6) is 0 Å². The van der Waals surface area contributed by atoms with E-state index in [0.717, 1.165) is 12.1 Å². The minimum absolute atomic E-state index is 0.339. The second-order valence-corrected chi connectivity index (χ2v) is 6.52. The van der Waals surface area contributed by atoms with Crippen LogP contribution >= 0.6 is 0 Å². The molecule has 3 aliphatic rings. The zero-order chi connectivity index (χ0) is 10.7. The third kappa shape index (κ3) is 1.24. The Kier molecular flexibility index (Phi) is 2.04. The largest absolute Gasteiger partial charge is 0.298 e. The molecule has 2 heteroatoms. The summed E-state index contributed by atoms with van der Waals surface area (Å²) in [6.45, 7) is 13.0. The Balaban J connectivity index is 2.21. The molecule has 0 aliphatic carbocycles. The molecule has 2 unspecified atom stereocenters. The Morgan fingerprint density at radius 3 is 2.21 bits per heavy atom. The molecular weight excluding hydrogens is 172 g/mol. The first-order valence-electron chi connectivity index (χ1n) is 5.74. The summed E-state index contributed by atoms with van der Waals surface area (Å²) in [5.41, 5.74) is 0.689. The summed E-state index contributed by atoms with van der Waals surface area (Å²) >= 11 is 0. The maximum absolute atomic E-state index is 2.72. The maximum Gasteiger partial charge on any atom is 0.0307 e. The Morgan fingerprint density at radius 1 is 1.21 bits per heavy atom. The van der Waals surface area contributed by atoms with Crippen molar-refractivity contribution in [2.75, 3.05) is 13.6 Å². The summed E-state index contributed by atoms with van der Waals surface area (Å²) in [5.74, 6) is 0. The van der Waals surface area contributed by atoms with Gasteiger partial charge in [0.25, 0.3) is 0 Å². The normalized spacial score (nSPS) is 38.1. The summed E-state index contributed by atoms with van der Waals surface area (Å²) in [7, 11) is 2.26. The lowest BCUT2D eigenvalue weighted by Gasteiger charge is -2.67. The van der Waals surface area contributed by atoms with E-state index < -0.39 is 0 Å². The molecular formula is C12H24N2. The van der Waals surface area contributed by atoms with Crippen molar-refractivity contribution in [2.45, 2.75) is 64.2 Å². The van der Waals surface area contributed by atoms with E-state index in [1.165, 1.54) is 13.0 Å². The van der Waals surface area contributed by atoms with Gasteiger partial charge in [0.1, 0.15) is 0 Å². The number of hydrogen-bond acceptors (Lipinski definition) is 2. The molecule has 14 heavy (non-hydrogen) atoms. The number of hydrogen-bond donors (Lipinski definition) is 0. The fraction of sp³-hybridized carbons (Fsp3) is 1.00. The molecule has 0 spiro atoms. The molecule has 0 saturated carbocycles. The van der Waals surface area contributed by atoms with E-state index in [0.29, 0.717) is 11.1 Å². The van der Waals surface area contributed by atoms with E-state index in [1.54, 1.807) is 0 Å². The Bertz CT molecular complexity index is 239. The third-order valence-electron chi connectivity index (χ3n) is 4.28. The number of fused-ring (bicyclic) bond motifs is 2. The van der Waals surface area contributed by atoms with Crippen molar-refractivity contribution in [3.05, 3.63) is 0 Å². The van der Waals surface area contributed by atoms with Crippen LogP contribution < -0.4 is 0 Å². The second kappa shape index (κ2) is 2.73. The molecule has 3 fully saturated rings. The summed E-state index contributed by atoms with van der Waals surface area (Å²) in [6, 6.07) is 1.56. The molecule has 0 aromatic rings. The number of piperazine rings is 1. The maximum atomic E-state index is 2.72. The van der Waals surface area contributed by atoms with Gasteiger partial charge in [-0.25, -0.2) is 0 Å². The lowest BCUT2D eigenvalue weighted by molar-refractivity contribution is -0.173. The molecule has 0 N–H and O–H groups in total. The smallest absolute Gasteiger partial charge is 0.0307 e. The Morgan fingerprint density at radius 2 is 1.79 bits per heavy atom. The van der Waals surface area contributed by atoms with Gasteiger partial charge in [0.05, 0.1) is 0 Å². The van der Waals surface area contributed by atoms with Crippen LogP contribution in [0.2, 0.25) is 0 Å².